The molecule has 0 amide bonds. The molecule has 0 aromatic heterocycles. The summed E-state index contributed by atoms with van der Waals surface area (Å²) < 4.78 is 5.51. The first-order chi connectivity index (χ1) is 9.22. The fourth-order valence-corrected chi connectivity index (χ4v) is 2.82. The van der Waals surface area contributed by atoms with Crippen LogP contribution in [0, 0.1) is 6.92 Å². The van der Waals surface area contributed by atoms with Gasteiger partial charge in [0.2, 0.25) is 0 Å². The van der Waals surface area contributed by atoms with E-state index in [1.165, 1.54) is 16.8 Å². The SMILES string of the molecule is CCc1cccc(C)c1N(C)CCC1COCCN1. The van der Waals surface area contributed by atoms with Crippen molar-refractivity contribution in [3.05, 3.63) is 29.3 Å². The van der Waals surface area contributed by atoms with Crippen LogP contribution in [0.4, 0.5) is 5.69 Å². The third-order valence-electron chi connectivity index (χ3n) is 3.90. The van der Waals surface area contributed by atoms with Gasteiger partial charge in [-0.05, 0) is 30.9 Å². The van der Waals surface area contributed by atoms with Crippen LogP contribution in [-0.4, -0.2) is 39.4 Å². The predicted molar refractivity (Wildman–Crippen MR) is 81.1 cm³/mol. The first-order valence-electron chi connectivity index (χ1n) is 7.33. The van der Waals surface area contributed by atoms with Crippen molar-refractivity contribution in [1.29, 1.82) is 0 Å². The maximum absolute atomic E-state index is 5.51. The van der Waals surface area contributed by atoms with Crippen LogP contribution < -0.4 is 10.2 Å². The lowest BCUT2D eigenvalue weighted by atomic mass is 10.0. The Morgan fingerprint density at radius 2 is 2.26 bits per heavy atom. The van der Waals surface area contributed by atoms with Gasteiger partial charge in [-0.1, -0.05) is 25.1 Å². The minimum absolute atomic E-state index is 0.505. The van der Waals surface area contributed by atoms with Crippen molar-refractivity contribution >= 4 is 5.69 Å². The average Bonchev–Trinajstić information content (AvgIpc) is 2.45. The van der Waals surface area contributed by atoms with Crippen molar-refractivity contribution in [2.75, 3.05) is 38.3 Å². The second kappa shape index (κ2) is 6.92. The molecule has 0 bridgehead atoms. The van der Waals surface area contributed by atoms with Gasteiger partial charge in [-0.15, -0.1) is 0 Å². The molecule has 19 heavy (non-hydrogen) atoms. The van der Waals surface area contributed by atoms with E-state index < -0.39 is 0 Å². The zero-order chi connectivity index (χ0) is 13.7. The molecule has 106 valence electrons. The van der Waals surface area contributed by atoms with Crippen molar-refractivity contribution in [1.82, 2.24) is 5.32 Å². The summed E-state index contributed by atoms with van der Waals surface area (Å²) in [5.41, 5.74) is 4.21. The molecule has 3 nitrogen and oxygen atoms in total. The first kappa shape index (κ1) is 14.4. The Morgan fingerprint density at radius 1 is 1.42 bits per heavy atom. The minimum Gasteiger partial charge on any atom is -0.379 e. The molecule has 0 radical (unpaired) electrons. The Bertz CT molecular complexity index is 400. The molecule has 1 aliphatic heterocycles. The molecule has 0 spiro atoms. The Morgan fingerprint density at radius 3 is 2.95 bits per heavy atom. The van der Waals surface area contributed by atoms with Crippen LogP contribution in [0.5, 0.6) is 0 Å². The number of ether oxygens (including phenoxy) is 1. The number of benzene rings is 1. The van der Waals surface area contributed by atoms with Crippen LogP contribution in [-0.2, 0) is 11.2 Å². The van der Waals surface area contributed by atoms with Crippen LogP contribution in [0.25, 0.3) is 0 Å². The Balaban J connectivity index is 1.97. The number of nitrogens with zero attached hydrogens (tertiary/aromatic N) is 1. The van der Waals surface area contributed by atoms with Crippen LogP contribution >= 0.6 is 0 Å². The number of para-hydroxylation sites is 1. The lowest BCUT2D eigenvalue weighted by molar-refractivity contribution is 0.0749. The summed E-state index contributed by atoms with van der Waals surface area (Å²) in [7, 11) is 2.20. The highest BCUT2D eigenvalue weighted by molar-refractivity contribution is 5.58. The third kappa shape index (κ3) is 3.71. The monoisotopic (exact) mass is 262 g/mol. The minimum atomic E-state index is 0.505. The first-order valence-corrected chi connectivity index (χ1v) is 7.33. The zero-order valence-electron chi connectivity index (χ0n) is 12.4. The van der Waals surface area contributed by atoms with Crippen LogP contribution in [0.3, 0.4) is 0 Å². The highest BCUT2D eigenvalue weighted by Crippen LogP contribution is 2.25. The summed E-state index contributed by atoms with van der Waals surface area (Å²) in [5.74, 6) is 0. The van der Waals surface area contributed by atoms with E-state index in [1.807, 2.05) is 0 Å². The summed E-state index contributed by atoms with van der Waals surface area (Å²) in [5, 5.41) is 3.52. The quantitative estimate of drug-likeness (QED) is 0.881. The molecule has 1 saturated heterocycles. The number of aryl methyl sites for hydroxylation is 2. The average molecular weight is 262 g/mol. The summed E-state index contributed by atoms with van der Waals surface area (Å²) >= 11 is 0. The molecule has 1 heterocycles. The van der Waals surface area contributed by atoms with E-state index in [9.17, 15) is 0 Å². The van der Waals surface area contributed by atoms with Gasteiger partial charge in [0.15, 0.2) is 0 Å². The molecule has 1 aromatic carbocycles. The standard InChI is InChI=1S/C16H26N2O/c1-4-14-7-5-6-13(2)16(14)18(3)10-8-15-12-19-11-9-17-15/h5-7,15,17H,4,8-12H2,1-3H3. The zero-order valence-corrected chi connectivity index (χ0v) is 12.4. The van der Waals surface area contributed by atoms with Crippen molar-refractivity contribution in [2.45, 2.75) is 32.7 Å². The fraction of sp³-hybridized carbons (Fsp3) is 0.625. The maximum Gasteiger partial charge on any atom is 0.0620 e. The summed E-state index contributed by atoms with van der Waals surface area (Å²) in [6.45, 7) is 8.18. The molecular formula is C16H26N2O. The summed E-state index contributed by atoms with van der Waals surface area (Å²) in [4.78, 5) is 2.39. The smallest absolute Gasteiger partial charge is 0.0620 e. The predicted octanol–water partition coefficient (Wildman–Crippen LogP) is 2.37. The second-order valence-electron chi connectivity index (χ2n) is 5.37. The lowest BCUT2D eigenvalue weighted by Gasteiger charge is -2.29. The Labute approximate surface area is 116 Å². The number of nitrogens with one attached hydrogen (secondary N) is 1. The van der Waals surface area contributed by atoms with Crippen molar-refractivity contribution in [2.24, 2.45) is 0 Å². The molecule has 1 aliphatic rings. The largest absolute Gasteiger partial charge is 0.379 e. The van der Waals surface area contributed by atoms with Gasteiger partial charge in [-0.25, -0.2) is 0 Å². The van der Waals surface area contributed by atoms with Gasteiger partial charge >= 0.3 is 0 Å². The van der Waals surface area contributed by atoms with E-state index in [2.05, 4.69) is 49.3 Å². The molecule has 1 atom stereocenters. The van der Waals surface area contributed by atoms with Crippen LogP contribution in [0.2, 0.25) is 0 Å². The molecular weight excluding hydrogens is 236 g/mol. The van der Waals surface area contributed by atoms with E-state index in [1.54, 1.807) is 0 Å². The van der Waals surface area contributed by atoms with Gasteiger partial charge in [-0.3, -0.25) is 0 Å². The summed E-state index contributed by atoms with van der Waals surface area (Å²) in [6, 6.07) is 7.10. The van der Waals surface area contributed by atoms with Gasteiger partial charge in [0.25, 0.3) is 0 Å². The van der Waals surface area contributed by atoms with Gasteiger partial charge < -0.3 is 15.0 Å². The van der Waals surface area contributed by atoms with Gasteiger partial charge in [-0.2, -0.15) is 0 Å². The number of hydrogen-bond acceptors (Lipinski definition) is 3. The second-order valence-corrected chi connectivity index (χ2v) is 5.37. The van der Waals surface area contributed by atoms with Gasteiger partial charge in [0.05, 0.1) is 13.2 Å². The summed E-state index contributed by atoms with van der Waals surface area (Å²) in [6.07, 6.45) is 2.22. The van der Waals surface area contributed by atoms with Crippen molar-refractivity contribution in [3.8, 4) is 0 Å². The fourth-order valence-electron chi connectivity index (χ4n) is 2.82. The molecule has 1 aromatic rings. The normalized spacial score (nSPS) is 19.4. The number of rotatable bonds is 5. The van der Waals surface area contributed by atoms with Crippen LogP contribution in [0.15, 0.2) is 18.2 Å². The van der Waals surface area contributed by atoms with E-state index >= 15 is 0 Å². The van der Waals surface area contributed by atoms with E-state index in [4.69, 9.17) is 4.74 Å². The third-order valence-corrected chi connectivity index (χ3v) is 3.90. The molecule has 3 heteroatoms. The maximum atomic E-state index is 5.51. The number of hydrogen-bond donors (Lipinski definition) is 1. The Hall–Kier alpha value is -1.06. The number of anilines is 1. The molecule has 1 unspecified atom stereocenters. The molecule has 0 saturated carbocycles. The van der Waals surface area contributed by atoms with Gasteiger partial charge in [0, 0.05) is 31.9 Å². The molecule has 1 N–H and O–H groups in total. The van der Waals surface area contributed by atoms with Crippen LogP contribution in [0.1, 0.15) is 24.5 Å². The number of morpholine rings is 1. The highest BCUT2D eigenvalue weighted by Gasteiger charge is 2.15. The van der Waals surface area contributed by atoms with Crippen molar-refractivity contribution < 1.29 is 4.74 Å². The topological polar surface area (TPSA) is 24.5 Å². The van der Waals surface area contributed by atoms with Gasteiger partial charge in [0.1, 0.15) is 0 Å². The highest BCUT2D eigenvalue weighted by atomic mass is 16.5. The van der Waals surface area contributed by atoms with E-state index in [0.717, 1.165) is 39.1 Å². The van der Waals surface area contributed by atoms with E-state index in [-0.39, 0.29) is 0 Å². The van der Waals surface area contributed by atoms with E-state index in [0.29, 0.717) is 6.04 Å². The van der Waals surface area contributed by atoms with Crippen molar-refractivity contribution in [3.63, 3.8) is 0 Å². The lowest BCUT2D eigenvalue weighted by Crippen LogP contribution is -2.43. The Kier molecular flexibility index (Phi) is 5.23. The molecule has 1 fully saturated rings. The molecule has 0 aliphatic carbocycles. The molecule has 2 rings (SSSR count).